The Hall–Kier alpha value is -4.55. The number of aromatic nitrogens is 2. The van der Waals surface area contributed by atoms with Gasteiger partial charge in [-0.1, -0.05) is 31.2 Å². The van der Waals surface area contributed by atoms with Crippen LogP contribution in [0.15, 0.2) is 60.1 Å². The molecule has 0 bridgehead atoms. The topological polar surface area (TPSA) is 128 Å². The first-order valence-corrected chi connectivity index (χ1v) is 13.4. The predicted octanol–water partition coefficient (Wildman–Crippen LogP) is 5.29. The van der Waals surface area contributed by atoms with Crippen molar-refractivity contribution in [1.29, 1.82) is 5.26 Å². The summed E-state index contributed by atoms with van der Waals surface area (Å²) >= 11 is 1.55. The van der Waals surface area contributed by atoms with Crippen LogP contribution in [0.4, 0.5) is 5.82 Å². The smallest absolute Gasteiger partial charge is 0.326 e. The highest BCUT2D eigenvalue weighted by molar-refractivity contribution is 7.10. The first-order chi connectivity index (χ1) is 18.8. The van der Waals surface area contributed by atoms with E-state index in [0.29, 0.717) is 35.2 Å². The summed E-state index contributed by atoms with van der Waals surface area (Å²) in [6.07, 6.45) is 2.45. The molecule has 2 heterocycles. The van der Waals surface area contributed by atoms with E-state index in [1.54, 1.807) is 36.6 Å². The quantitative estimate of drug-likeness (QED) is 0.250. The molecule has 1 atom stereocenters. The molecule has 0 spiro atoms. The molecule has 4 rings (SSSR count). The Labute approximate surface area is 231 Å². The maximum absolute atomic E-state index is 13.1. The third kappa shape index (κ3) is 6.86. The molecule has 0 aliphatic rings. The Morgan fingerprint density at radius 2 is 1.90 bits per heavy atom. The fourth-order valence-corrected chi connectivity index (χ4v) is 5.07. The summed E-state index contributed by atoms with van der Waals surface area (Å²) in [6.45, 7) is 6.23. The summed E-state index contributed by atoms with van der Waals surface area (Å²) in [7, 11) is 0. The molecule has 0 fully saturated rings. The van der Waals surface area contributed by atoms with Gasteiger partial charge in [0.05, 0.1) is 23.9 Å². The van der Waals surface area contributed by atoms with E-state index in [4.69, 9.17) is 4.98 Å². The molecule has 0 radical (unpaired) electrons. The molecule has 0 aliphatic carbocycles. The number of benzene rings is 2. The normalized spacial score (nSPS) is 11.4. The van der Waals surface area contributed by atoms with Gasteiger partial charge in [-0.15, -0.1) is 11.3 Å². The van der Waals surface area contributed by atoms with Gasteiger partial charge in [0.15, 0.2) is 0 Å². The number of thiazole rings is 1. The van der Waals surface area contributed by atoms with E-state index in [1.807, 2.05) is 55.6 Å². The lowest BCUT2D eigenvalue weighted by molar-refractivity contribution is -0.139. The fraction of sp³-hybridized carbons (Fsp3) is 0.233. The molecule has 198 valence electrons. The Bertz CT molecular complexity index is 1540. The van der Waals surface area contributed by atoms with Crippen LogP contribution in [0.3, 0.4) is 0 Å². The number of carboxylic acid groups (broad SMARTS) is 1. The average molecular weight is 540 g/mol. The summed E-state index contributed by atoms with van der Waals surface area (Å²) in [5.74, 6) is -0.768. The molecular formula is C30H29N5O3S. The van der Waals surface area contributed by atoms with Crippen LogP contribution in [0.1, 0.15) is 50.1 Å². The minimum atomic E-state index is -1.11. The Morgan fingerprint density at radius 1 is 1.13 bits per heavy atom. The summed E-state index contributed by atoms with van der Waals surface area (Å²) < 4.78 is 0. The van der Waals surface area contributed by atoms with Gasteiger partial charge in [0.1, 0.15) is 16.9 Å². The molecule has 8 nitrogen and oxygen atoms in total. The number of anilines is 1. The highest BCUT2D eigenvalue weighted by atomic mass is 32.1. The van der Waals surface area contributed by atoms with Crippen molar-refractivity contribution in [3.8, 4) is 17.3 Å². The number of pyridine rings is 1. The van der Waals surface area contributed by atoms with Crippen molar-refractivity contribution in [3.63, 3.8) is 0 Å². The summed E-state index contributed by atoms with van der Waals surface area (Å²) in [4.78, 5) is 34.1. The highest BCUT2D eigenvalue weighted by Crippen LogP contribution is 2.24. The van der Waals surface area contributed by atoms with E-state index in [-0.39, 0.29) is 6.42 Å². The number of nitriles is 1. The number of carboxylic acids is 1. The number of carbonyl (C=O) groups excluding carboxylic acids is 1. The van der Waals surface area contributed by atoms with Crippen LogP contribution in [-0.2, 0) is 24.2 Å². The zero-order valence-corrected chi connectivity index (χ0v) is 22.8. The van der Waals surface area contributed by atoms with E-state index in [0.717, 1.165) is 33.2 Å². The van der Waals surface area contributed by atoms with Gasteiger partial charge in [-0.05, 0) is 66.8 Å². The van der Waals surface area contributed by atoms with Crippen molar-refractivity contribution in [3.05, 3.63) is 98.5 Å². The summed E-state index contributed by atoms with van der Waals surface area (Å²) in [6, 6.07) is 15.8. The summed E-state index contributed by atoms with van der Waals surface area (Å²) in [5, 5.41) is 27.9. The van der Waals surface area contributed by atoms with E-state index in [1.165, 1.54) is 0 Å². The van der Waals surface area contributed by atoms with E-state index in [9.17, 15) is 20.0 Å². The number of hydrogen-bond acceptors (Lipinski definition) is 7. The monoisotopic (exact) mass is 539 g/mol. The van der Waals surface area contributed by atoms with Crippen molar-refractivity contribution in [2.45, 2.75) is 46.2 Å². The number of nitrogens with one attached hydrogen (secondary N) is 2. The summed E-state index contributed by atoms with van der Waals surface area (Å²) in [5.41, 5.74) is 5.93. The minimum absolute atomic E-state index is 0.133. The molecule has 0 saturated carbocycles. The van der Waals surface area contributed by atoms with Gasteiger partial charge in [-0.2, -0.15) is 5.26 Å². The number of carbonyl (C=O) groups is 2. The van der Waals surface area contributed by atoms with E-state index < -0.39 is 17.9 Å². The van der Waals surface area contributed by atoms with E-state index >= 15 is 0 Å². The Balaban J connectivity index is 1.42. The first-order valence-electron chi connectivity index (χ1n) is 12.5. The number of amides is 1. The Morgan fingerprint density at radius 3 is 2.56 bits per heavy atom. The molecule has 1 amide bonds. The van der Waals surface area contributed by atoms with Crippen LogP contribution in [0.5, 0.6) is 0 Å². The number of aryl methyl sites for hydroxylation is 3. The second-order valence-corrected chi connectivity index (χ2v) is 10.2. The second kappa shape index (κ2) is 12.3. The van der Waals surface area contributed by atoms with Crippen LogP contribution in [-0.4, -0.2) is 33.0 Å². The third-order valence-electron chi connectivity index (χ3n) is 6.34. The van der Waals surface area contributed by atoms with Crippen molar-refractivity contribution in [2.75, 3.05) is 5.32 Å². The zero-order chi connectivity index (χ0) is 27.9. The standard InChI is InChI=1S/C30H29N5O3S/c1-4-22-13-21(15-31)12-19(3)28(22)29(36)35-24(30(37)38)14-20-5-7-23(8-6-20)25-17-39-27(34-25)16-33-26-11-18(2)9-10-32-26/h5-13,17,24H,4,14,16H2,1-3H3,(H,32,33)(H,35,36)(H,37,38). The van der Waals surface area contributed by atoms with Gasteiger partial charge in [0.25, 0.3) is 5.91 Å². The van der Waals surface area contributed by atoms with Crippen molar-refractivity contribution in [1.82, 2.24) is 15.3 Å². The van der Waals surface area contributed by atoms with Gasteiger partial charge >= 0.3 is 5.97 Å². The lowest BCUT2D eigenvalue weighted by Gasteiger charge is -2.18. The molecular weight excluding hydrogens is 510 g/mol. The first kappa shape index (κ1) is 27.5. The van der Waals surface area contributed by atoms with E-state index in [2.05, 4.69) is 21.7 Å². The number of aliphatic carboxylic acids is 1. The van der Waals surface area contributed by atoms with Crippen LogP contribution >= 0.6 is 11.3 Å². The van der Waals surface area contributed by atoms with Crippen molar-refractivity contribution >= 4 is 29.0 Å². The minimum Gasteiger partial charge on any atom is -0.480 e. The Kier molecular flexibility index (Phi) is 8.69. The molecule has 3 N–H and O–H groups in total. The van der Waals surface area contributed by atoms with Gasteiger partial charge in [-0.3, -0.25) is 4.79 Å². The number of hydrogen-bond donors (Lipinski definition) is 3. The van der Waals surface area contributed by atoms with Crippen LogP contribution in [0, 0.1) is 25.2 Å². The van der Waals surface area contributed by atoms with Gasteiger partial charge < -0.3 is 15.7 Å². The highest BCUT2D eigenvalue weighted by Gasteiger charge is 2.24. The SMILES string of the molecule is CCc1cc(C#N)cc(C)c1C(=O)NC(Cc1ccc(-c2csc(CNc3cc(C)ccn3)n2)cc1)C(=O)O. The molecule has 2 aromatic carbocycles. The predicted molar refractivity (Wildman–Crippen MR) is 152 cm³/mol. The molecule has 0 saturated heterocycles. The van der Waals surface area contributed by atoms with Crippen molar-refractivity contribution in [2.24, 2.45) is 0 Å². The molecule has 9 heteroatoms. The third-order valence-corrected chi connectivity index (χ3v) is 7.18. The zero-order valence-electron chi connectivity index (χ0n) is 22.0. The van der Waals surface area contributed by atoms with Gasteiger partial charge in [-0.25, -0.2) is 14.8 Å². The number of nitrogens with zero attached hydrogens (tertiary/aromatic N) is 3. The fourth-order valence-electron chi connectivity index (χ4n) is 4.33. The van der Waals surface area contributed by atoms with Gasteiger partial charge in [0.2, 0.25) is 0 Å². The average Bonchev–Trinajstić information content (AvgIpc) is 3.40. The molecule has 39 heavy (non-hydrogen) atoms. The van der Waals surface area contributed by atoms with Crippen LogP contribution in [0.2, 0.25) is 0 Å². The largest absolute Gasteiger partial charge is 0.480 e. The second-order valence-electron chi connectivity index (χ2n) is 9.26. The maximum Gasteiger partial charge on any atom is 0.326 e. The van der Waals surface area contributed by atoms with Crippen molar-refractivity contribution < 1.29 is 14.7 Å². The molecule has 2 aromatic heterocycles. The number of rotatable bonds is 10. The molecule has 1 unspecified atom stereocenters. The van der Waals surface area contributed by atoms with Crippen LogP contribution in [0.25, 0.3) is 11.3 Å². The van der Waals surface area contributed by atoms with Crippen LogP contribution < -0.4 is 10.6 Å². The lowest BCUT2D eigenvalue weighted by atomic mass is 9.95. The lowest BCUT2D eigenvalue weighted by Crippen LogP contribution is -2.42. The molecule has 4 aromatic rings. The maximum atomic E-state index is 13.1. The molecule has 0 aliphatic heterocycles. The van der Waals surface area contributed by atoms with Gasteiger partial charge in [0, 0.05) is 29.1 Å².